The zero-order valence-electron chi connectivity index (χ0n) is 15.6. The van der Waals surface area contributed by atoms with Crippen molar-refractivity contribution in [2.24, 2.45) is 0 Å². The molecule has 0 aliphatic heterocycles. The fraction of sp³-hybridized carbons (Fsp3) is 0.227. The third-order valence-corrected chi connectivity index (χ3v) is 4.54. The van der Waals surface area contributed by atoms with Crippen LogP contribution in [0.15, 0.2) is 73.1 Å². The van der Waals surface area contributed by atoms with Crippen molar-refractivity contribution in [2.45, 2.75) is 19.0 Å². The maximum atomic E-state index is 12.6. The van der Waals surface area contributed by atoms with Gasteiger partial charge in [0.15, 0.2) is 0 Å². The number of nitrogens with zero attached hydrogens (tertiary/aromatic N) is 1. The summed E-state index contributed by atoms with van der Waals surface area (Å²) < 4.78 is 12.6. The second kappa shape index (κ2) is 8.94. The molecule has 1 atom stereocenters. The van der Waals surface area contributed by atoms with Gasteiger partial charge in [-0.3, -0.25) is 4.79 Å². The third-order valence-electron chi connectivity index (χ3n) is 4.54. The number of amides is 1. The van der Waals surface area contributed by atoms with E-state index in [0.717, 1.165) is 22.6 Å². The van der Waals surface area contributed by atoms with E-state index < -0.39 is 0 Å². The molecule has 27 heavy (non-hydrogen) atoms. The molecule has 1 amide bonds. The molecule has 1 N–H and O–H groups in total. The predicted molar refractivity (Wildman–Crippen MR) is 105 cm³/mol. The van der Waals surface area contributed by atoms with Crippen molar-refractivity contribution in [3.05, 3.63) is 84.2 Å². The highest BCUT2D eigenvalue weighted by molar-refractivity contribution is 5.77. The first kappa shape index (κ1) is 18.6. The summed E-state index contributed by atoms with van der Waals surface area (Å²) in [6.07, 6.45) is 4.29. The van der Waals surface area contributed by atoms with Crippen molar-refractivity contribution >= 4 is 5.91 Å². The van der Waals surface area contributed by atoms with Crippen LogP contribution in [0.1, 0.15) is 23.6 Å². The molecule has 0 saturated heterocycles. The molecule has 1 heterocycles. The van der Waals surface area contributed by atoms with Crippen LogP contribution in [0.5, 0.6) is 11.5 Å². The van der Waals surface area contributed by atoms with Crippen LogP contribution in [0.3, 0.4) is 0 Å². The van der Waals surface area contributed by atoms with Crippen molar-refractivity contribution in [1.29, 1.82) is 0 Å². The monoisotopic (exact) mass is 364 g/mol. The molecule has 3 aromatic rings. The van der Waals surface area contributed by atoms with E-state index in [-0.39, 0.29) is 11.9 Å². The summed E-state index contributed by atoms with van der Waals surface area (Å²) in [5.74, 6) is 1.55. The third kappa shape index (κ3) is 4.70. The van der Waals surface area contributed by atoms with E-state index in [2.05, 4.69) is 5.32 Å². The molecule has 0 aliphatic carbocycles. The summed E-state index contributed by atoms with van der Waals surface area (Å²) in [6, 6.07) is 19.4. The molecule has 5 heteroatoms. The fourth-order valence-electron chi connectivity index (χ4n) is 3.07. The normalized spacial score (nSPS) is 11.6. The van der Waals surface area contributed by atoms with Crippen LogP contribution in [-0.2, 0) is 11.3 Å². The van der Waals surface area contributed by atoms with Gasteiger partial charge in [0, 0.05) is 24.5 Å². The Labute approximate surface area is 159 Å². The lowest BCUT2D eigenvalue weighted by molar-refractivity contribution is -0.121. The second-order valence-corrected chi connectivity index (χ2v) is 6.21. The topological polar surface area (TPSA) is 52.5 Å². The zero-order chi connectivity index (χ0) is 19.1. The molecule has 1 unspecified atom stereocenters. The number of ether oxygens (including phenoxy) is 2. The van der Waals surface area contributed by atoms with Gasteiger partial charge in [0.25, 0.3) is 0 Å². The maximum absolute atomic E-state index is 12.6. The summed E-state index contributed by atoms with van der Waals surface area (Å²) >= 11 is 0. The number of hydrogen-bond donors (Lipinski definition) is 1. The van der Waals surface area contributed by atoms with Gasteiger partial charge in [0.2, 0.25) is 5.91 Å². The molecule has 0 radical (unpaired) electrons. The predicted octanol–water partition coefficient (Wildman–Crippen LogP) is 3.80. The number of nitrogens with one attached hydrogen (secondary N) is 1. The summed E-state index contributed by atoms with van der Waals surface area (Å²) in [4.78, 5) is 12.6. The lowest BCUT2D eigenvalue weighted by Gasteiger charge is -2.20. The van der Waals surface area contributed by atoms with Gasteiger partial charge in [-0.15, -0.1) is 0 Å². The first-order valence-corrected chi connectivity index (χ1v) is 8.86. The molecule has 140 valence electrons. The average molecular weight is 364 g/mol. The Bertz CT molecular complexity index is 858. The van der Waals surface area contributed by atoms with Crippen LogP contribution in [0.4, 0.5) is 0 Å². The molecule has 5 nitrogen and oxygen atoms in total. The van der Waals surface area contributed by atoms with E-state index in [1.807, 2.05) is 77.6 Å². The van der Waals surface area contributed by atoms with Crippen LogP contribution in [0.2, 0.25) is 0 Å². The van der Waals surface area contributed by atoms with Crippen molar-refractivity contribution < 1.29 is 14.3 Å². The lowest BCUT2D eigenvalue weighted by atomic mass is 10.0. The molecule has 0 spiro atoms. The van der Waals surface area contributed by atoms with Crippen LogP contribution in [0.25, 0.3) is 0 Å². The quantitative estimate of drug-likeness (QED) is 0.661. The van der Waals surface area contributed by atoms with Crippen molar-refractivity contribution in [1.82, 2.24) is 9.88 Å². The van der Waals surface area contributed by atoms with Crippen LogP contribution >= 0.6 is 0 Å². The Morgan fingerprint density at radius 1 is 0.963 bits per heavy atom. The smallest absolute Gasteiger partial charge is 0.222 e. The highest BCUT2D eigenvalue weighted by Crippen LogP contribution is 2.25. The van der Waals surface area contributed by atoms with E-state index in [0.29, 0.717) is 13.0 Å². The van der Waals surface area contributed by atoms with Crippen LogP contribution in [-0.4, -0.2) is 24.7 Å². The van der Waals surface area contributed by atoms with E-state index in [4.69, 9.17) is 9.47 Å². The first-order valence-electron chi connectivity index (χ1n) is 8.86. The van der Waals surface area contributed by atoms with Crippen LogP contribution < -0.4 is 14.8 Å². The van der Waals surface area contributed by atoms with Gasteiger partial charge in [0.1, 0.15) is 11.5 Å². The highest BCUT2D eigenvalue weighted by atomic mass is 16.5. The van der Waals surface area contributed by atoms with Crippen molar-refractivity contribution in [2.75, 3.05) is 14.2 Å². The summed E-state index contributed by atoms with van der Waals surface area (Å²) in [5, 5.41) is 3.00. The summed E-state index contributed by atoms with van der Waals surface area (Å²) in [5.41, 5.74) is 2.01. The molecular weight excluding hydrogens is 340 g/mol. The van der Waals surface area contributed by atoms with Crippen molar-refractivity contribution in [3.8, 4) is 11.5 Å². The van der Waals surface area contributed by atoms with Gasteiger partial charge >= 0.3 is 0 Å². The Balaban J connectivity index is 1.71. The van der Waals surface area contributed by atoms with Gasteiger partial charge in [-0.25, -0.2) is 0 Å². The molecule has 3 rings (SSSR count). The summed E-state index contributed by atoms with van der Waals surface area (Å²) in [6.45, 7) is 0.434. The minimum atomic E-state index is -0.0800. The SMILES string of the molecule is COc1ccc(C(CC(=O)NCc2ccccc2OC)n2cccc2)cc1. The van der Waals surface area contributed by atoms with E-state index in [9.17, 15) is 4.79 Å². The minimum absolute atomic E-state index is 0.0181. The molecule has 0 fully saturated rings. The fourth-order valence-corrected chi connectivity index (χ4v) is 3.07. The first-order chi connectivity index (χ1) is 13.2. The number of rotatable bonds is 8. The molecular formula is C22H24N2O3. The van der Waals surface area contributed by atoms with Crippen molar-refractivity contribution in [3.63, 3.8) is 0 Å². The minimum Gasteiger partial charge on any atom is -0.497 e. The van der Waals surface area contributed by atoms with Gasteiger partial charge in [-0.2, -0.15) is 0 Å². The number of hydrogen-bond acceptors (Lipinski definition) is 3. The largest absolute Gasteiger partial charge is 0.497 e. The van der Waals surface area contributed by atoms with Crippen LogP contribution in [0, 0.1) is 0 Å². The molecule has 2 aromatic carbocycles. The number of methoxy groups -OCH3 is 2. The Morgan fingerprint density at radius 3 is 2.33 bits per heavy atom. The Kier molecular flexibility index (Phi) is 6.15. The molecule has 1 aromatic heterocycles. The van der Waals surface area contributed by atoms with E-state index in [1.54, 1.807) is 14.2 Å². The molecule has 0 saturated carbocycles. The number of aromatic nitrogens is 1. The number of para-hydroxylation sites is 1. The number of carbonyl (C=O) groups is 1. The van der Waals surface area contributed by atoms with Gasteiger partial charge < -0.3 is 19.4 Å². The Morgan fingerprint density at radius 2 is 1.67 bits per heavy atom. The molecule has 0 bridgehead atoms. The van der Waals surface area contributed by atoms with E-state index in [1.165, 1.54) is 0 Å². The zero-order valence-corrected chi connectivity index (χ0v) is 15.6. The maximum Gasteiger partial charge on any atom is 0.222 e. The lowest BCUT2D eigenvalue weighted by Crippen LogP contribution is -2.26. The van der Waals surface area contributed by atoms with Gasteiger partial charge in [-0.1, -0.05) is 30.3 Å². The Hall–Kier alpha value is -3.21. The number of carbonyl (C=O) groups excluding carboxylic acids is 1. The van der Waals surface area contributed by atoms with Gasteiger partial charge in [-0.05, 0) is 35.9 Å². The highest BCUT2D eigenvalue weighted by Gasteiger charge is 2.17. The second-order valence-electron chi connectivity index (χ2n) is 6.21. The summed E-state index contributed by atoms with van der Waals surface area (Å²) in [7, 11) is 3.27. The average Bonchev–Trinajstić information content (AvgIpc) is 3.25. The van der Waals surface area contributed by atoms with E-state index >= 15 is 0 Å². The molecule has 0 aliphatic rings. The number of benzene rings is 2. The standard InChI is InChI=1S/C22H24N2O3/c1-26-19-11-9-17(10-12-19)20(24-13-5-6-14-24)15-22(25)23-16-18-7-3-4-8-21(18)27-2/h3-14,20H,15-16H2,1-2H3,(H,23,25). The van der Waals surface area contributed by atoms with Gasteiger partial charge in [0.05, 0.1) is 26.7 Å².